The number of hydroxylamine groups is 2. The van der Waals surface area contributed by atoms with Gasteiger partial charge in [-0.3, -0.25) is 14.4 Å². The SMILES string of the molecule is CON(C)C(=O)[C@H](O)[C@H](Cc1ccccc1)NC(=O)c1[nH]c2ccc(Cl)cc2c1C. The number of fused-ring (bicyclic) bond motifs is 1. The maximum atomic E-state index is 13.0. The van der Waals surface area contributed by atoms with Gasteiger partial charge >= 0.3 is 0 Å². The monoisotopic (exact) mass is 429 g/mol. The number of benzene rings is 2. The maximum absolute atomic E-state index is 13.0. The molecule has 0 aliphatic carbocycles. The second kappa shape index (κ2) is 9.30. The van der Waals surface area contributed by atoms with E-state index in [2.05, 4.69) is 10.3 Å². The Balaban J connectivity index is 1.89. The molecule has 3 aromatic rings. The molecular formula is C22H24ClN3O4. The second-order valence-corrected chi connectivity index (χ2v) is 7.48. The number of H-pyrrole nitrogens is 1. The summed E-state index contributed by atoms with van der Waals surface area (Å²) in [5.41, 5.74) is 2.73. The average Bonchev–Trinajstić information content (AvgIpc) is 3.08. The number of aryl methyl sites for hydroxylation is 1. The molecule has 2 atom stereocenters. The molecule has 8 heteroatoms. The van der Waals surface area contributed by atoms with Gasteiger partial charge in [0.15, 0.2) is 6.10 Å². The predicted molar refractivity (Wildman–Crippen MR) is 115 cm³/mol. The number of halogens is 1. The van der Waals surface area contributed by atoms with Gasteiger partial charge in [-0.2, -0.15) is 0 Å². The van der Waals surface area contributed by atoms with E-state index in [1.54, 1.807) is 18.2 Å². The lowest BCUT2D eigenvalue weighted by Gasteiger charge is -2.26. The van der Waals surface area contributed by atoms with Crippen LogP contribution in [0.2, 0.25) is 5.02 Å². The highest BCUT2D eigenvalue weighted by atomic mass is 35.5. The lowest BCUT2D eigenvalue weighted by molar-refractivity contribution is -0.179. The van der Waals surface area contributed by atoms with E-state index in [4.69, 9.17) is 16.4 Å². The van der Waals surface area contributed by atoms with Crippen LogP contribution in [0.1, 0.15) is 21.6 Å². The van der Waals surface area contributed by atoms with Gasteiger partial charge in [-0.1, -0.05) is 41.9 Å². The van der Waals surface area contributed by atoms with E-state index < -0.39 is 24.0 Å². The third-order valence-electron chi connectivity index (χ3n) is 5.08. The van der Waals surface area contributed by atoms with Crippen LogP contribution in [-0.4, -0.2) is 53.3 Å². The van der Waals surface area contributed by atoms with Crippen molar-refractivity contribution in [1.82, 2.24) is 15.4 Å². The number of rotatable bonds is 7. The molecule has 0 spiro atoms. The van der Waals surface area contributed by atoms with Crippen molar-refractivity contribution < 1.29 is 19.5 Å². The topological polar surface area (TPSA) is 94.7 Å². The molecule has 0 unspecified atom stereocenters. The number of aliphatic hydroxyl groups is 1. The van der Waals surface area contributed by atoms with E-state index in [-0.39, 0.29) is 6.42 Å². The Hall–Kier alpha value is -2.87. The van der Waals surface area contributed by atoms with Crippen molar-refractivity contribution in [3.8, 4) is 0 Å². The molecular weight excluding hydrogens is 406 g/mol. The van der Waals surface area contributed by atoms with E-state index in [1.165, 1.54) is 14.2 Å². The highest BCUT2D eigenvalue weighted by Gasteiger charge is 2.31. The van der Waals surface area contributed by atoms with Crippen LogP contribution in [0.25, 0.3) is 10.9 Å². The number of aliphatic hydroxyl groups excluding tert-OH is 1. The van der Waals surface area contributed by atoms with Gasteiger partial charge in [0.2, 0.25) is 0 Å². The summed E-state index contributed by atoms with van der Waals surface area (Å²) in [5, 5.41) is 15.8. The number of likely N-dealkylation sites (N-methyl/N-ethyl adjacent to an activating group) is 1. The summed E-state index contributed by atoms with van der Waals surface area (Å²) >= 11 is 6.07. The number of nitrogens with zero attached hydrogens (tertiary/aromatic N) is 1. The summed E-state index contributed by atoms with van der Waals surface area (Å²) < 4.78 is 0. The number of hydrogen-bond donors (Lipinski definition) is 3. The first kappa shape index (κ1) is 21.8. The van der Waals surface area contributed by atoms with Crippen LogP contribution in [-0.2, 0) is 16.1 Å². The number of carbonyl (C=O) groups excluding carboxylic acids is 2. The van der Waals surface area contributed by atoms with Crippen LogP contribution < -0.4 is 5.32 Å². The molecule has 0 saturated carbocycles. The molecule has 0 saturated heterocycles. The molecule has 0 aliphatic heterocycles. The zero-order valence-corrected chi connectivity index (χ0v) is 17.7. The van der Waals surface area contributed by atoms with E-state index in [1.807, 2.05) is 37.3 Å². The Labute approximate surface area is 179 Å². The molecule has 2 amide bonds. The van der Waals surface area contributed by atoms with Crippen LogP contribution in [0.15, 0.2) is 48.5 Å². The van der Waals surface area contributed by atoms with E-state index in [9.17, 15) is 14.7 Å². The summed E-state index contributed by atoms with van der Waals surface area (Å²) in [6, 6.07) is 13.8. The standard InChI is InChI=1S/C22H24ClN3O4/c1-13-16-12-15(23)9-10-17(16)24-19(13)21(28)25-18(11-14-7-5-4-6-8-14)20(27)22(29)26(2)30-3/h4-10,12,18,20,24,27H,11H2,1-3H3,(H,25,28)/t18-,20+/m0/s1. The lowest BCUT2D eigenvalue weighted by atomic mass is 10.00. The Kier molecular flexibility index (Phi) is 6.77. The Bertz CT molecular complexity index is 1050. The number of aromatic amines is 1. The van der Waals surface area contributed by atoms with Crippen LogP contribution >= 0.6 is 11.6 Å². The van der Waals surface area contributed by atoms with Crippen molar-refractivity contribution in [3.63, 3.8) is 0 Å². The number of aromatic nitrogens is 1. The molecule has 2 aromatic carbocycles. The minimum Gasteiger partial charge on any atom is -0.381 e. The van der Waals surface area contributed by atoms with E-state index in [0.717, 1.165) is 27.1 Å². The summed E-state index contributed by atoms with van der Waals surface area (Å²) in [7, 11) is 2.73. The fourth-order valence-electron chi connectivity index (χ4n) is 3.32. The smallest absolute Gasteiger partial charge is 0.276 e. The molecule has 0 radical (unpaired) electrons. The first-order valence-electron chi connectivity index (χ1n) is 9.44. The molecule has 7 nitrogen and oxygen atoms in total. The minimum atomic E-state index is -1.49. The van der Waals surface area contributed by atoms with Gasteiger partial charge < -0.3 is 15.4 Å². The van der Waals surface area contributed by atoms with Crippen LogP contribution in [0.4, 0.5) is 0 Å². The molecule has 1 aromatic heterocycles. The third kappa shape index (κ3) is 4.64. The molecule has 1 heterocycles. The van der Waals surface area contributed by atoms with Gasteiger partial charge in [-0.25, -0.2) is 5.06 Å². The number of hydrogen-bond acceptors (Lipinski definition) is 4. The summed E-state index contributed by atoms with van der Waals surface area (Å²) in [6.45, 7) is 1.82. The van der Waals surface area contributed by atoms with Gasteiger partial charge in [-0.05, 0) is 42.7 Å². The van der Waals surface area contributed by atoms with Crippen molar-refractivity contribution in [1.29, 1.82) is 0 Å². The van der Waals surface area contributed by atoms with E-state index in [0.29, 0.717) is 10.7 Å². The second-order valence-electron chi connectivity index (χ2n) is 7.05. The quantitative estimate of drug-likeness (QED) is 0.503. The van der Waals surface area contributed by atoms with Gasteiger partial charge in [0.25, 0.3) is 11.8 Å². The molecule has 3 N–H and O–H groups in total. The first-order chi connectivity index (χ1) is 14.3. The van der Waals surface area contributed by atoms with Crippen LogP contribution in [0.3, 0.4) is 0 Å². The highest BCUT2D eigenvalue weighted by molar-refractivity contribution is 6.31. The molecule has 0 aliphatic rings. The van der Waals surface area contributed by atoms with Crippen LogP contribution in [0, 0.1) is 6.92 Å². The average molecular weight is 430 g/mol. The lowest BCUT2D eigenvalue weighted by Crippen LogP contribution is -2.52. The molecule has 3 rings (SSSR count). The Morgan fingerprint density at radius 3 is 2.60 bits per heavy atom. The minimum absolute atomic E-state index is 0.266. The van der Waals surface area contributed by atoms with Crippen molar-refractivity contribution in [2.75, 3.05) is 14.2 Å². The largest absolute Gasteiger partial charge is 0.381 e. The molecule has 158 valence electrons. The Morgan fingerprint density at radius 2 is 1.93 bits per heavy atom. The van der Waals surface area contributed by atoms with Crippen molar-refractivity contribution >= 4 is 34.3 Å². The number of nitrogens with one attached hydrogen (secondary N) is 2. The molecule has 0 fully saturated rings. The van der Waals surface area contributed by atoms with Gasteiger partial charge in [-0.15, -0.1) is 0 Å². The van der Waals surface area contributed by atoms with Gasteiger partial charge in [0.1, 0.15) is 5.69 Å². The fraction of sp³-hybridized carbons (Fsp3) is 0.273. The molecule has 0 bridgehead atoms. The summed E-state index contributed by atoms with van der Waals surface area (Å²) in [5.74, 6) is -1.08. The van der Waals surface area contributed by atoms with Crippen molar-refractivity contribution in [2.24, 2.45) is 0 Å². The summed E-state index contributed by atoms with van der Waals surface area (Å²) in [6.07, 6.45) is -1.22. The fourth-order valence-corrected chi connectivity index (χ4v) is 3.50. The normalized spacial score (nSPS) is 13.1. The van der Waals surface area contributed by atoms with Crippen molar-refractivity contribution in [2.45, 2.75) is 25.5 Å². The molecule has 30 heavy (non-hydrogen) atoms. The number of amides is 2. The van der Waals surface area contributed by atoms with Gasteiger partial charge in [0.05, 0.1) is 13.2 Å². The maximum Gasteiger partial charge on any atom is 0.276 e. The first-order valence-corrected chi connectivity index (χ1v) is 9.82. The Morgan fingerprint density at radius 1 is 1.23 bits per heavy atom. The zero-order chi connectivity index (χ0) is 21.8. The predicted octanol–water partition coefficient (Wildman–Crippen LogP) is 2.85. The summed E-state index contributed by atoms with van der Waals surface area (Å²) in [4.78, 5) is 33.5. The third-order valence-corrected chi connectivity index (χ3v) is 5.32. The highest BCUT2D eigenvalue weighted by Crippen LogP contribution is 2.25. The van der Waals surface area contributed by atoms with Gasteiger partial charge in [0, 0.05) is 23.0 Å². The number of carbonyl (C=O) groups is 2. The van der Waals surface area contributed by atoms with E-state index >= 15 is 0 Å². The van der Waals surface area contributed by atoms with Crippen molar-refractivity contribution in [3.05, 3.63) is 70.4 Å². The zero-order valence-electron chi connectivity index (χ0n) is 17.0. The van der Waals surface area contributed by atoms with Crippen LogP contribution in [0.5, 0.6) is 0 Å².